The zero-order valence-corrected chi connectivity index (χ0v) is 9.75. The Hall–Kier alpha value is -1.13. The van der Waals surface area contributed by atoms with Crippen molar-refractivity contribution >= 4 is 23.2 Å². The van der Waals surface area contributed by atoms with Gasteiger partial charge < -0.3 is 10.1 Å². The van der Waals surface area contributed by atoms with Gasteiger partial charge in [0.1, 0.15) is 5.15 Å². The van der Waals surface area contributed by atoms with Crippen molar-refractivity contribution in [3.8, 4) is 0 Å². The molecule has 1 aromatic heterocycles. The standard InChI is InChI=1S/C11H13ClN2O2/c1-7-4-9(5-13-10(7)12)14-11(15)8-2-3-16-6-8/h4-5,8H,2-3,6H2,1H3,(H,14,15). The Kier molecular flexibility index (Phi) is 3.41. The van der Waals surface area contributed by atoms with Crippen molar-refractivity contribution in [3.05, 3.63) is 23.0 Å². The van der Waals surface area contributed by atoms with Crippen molar-refractivity contribution in [2.24, 2.45) is 5.92 Å². The monoisotopic (exact) mass is 240 g/mol. The van der Waals surface area contributed by atoms with Gasteiger partial charge >= 0.3 is 0 Å². The fraction of sp³-hybridized carbons (Fsp3) is 0.455. The molecule has 1 saturated heterocycles. The summed E-state index contributed by atoms with van der Waals surface area (Å²) in [5.41, 5.74) is 1.53. The Morgan fingerprint density at radius 1 is 1.69 bits per heavy atom. The summed E-state index contributed by atoms with van der Waals surface area (Å²) >= 11 is 5.80. The second-order valence-corrected chi connectivity index (χ2v) is 4.24. The molecule has 2 rings (SSSR count). The molecule has 0 aliphatic carbocycles. The fourth-order valence-corrected chi connectivity index (χ4v) is 1.72. The predicted molar refractivity (Wildman–Crippen MR) is 61.5 cm³/mol. The van der Waals surface area contributed by atoms with Gasteiger partial charge in [0, 0.05) is 6.61 Å². The van der Waals surface area contributed by atoms with Gasteiger partial charge in [-0.25, -0.2) is 4.98 Å². The molecule has 1 fully saturated rings. The second-order valence-electron chi connectivity index (χ2n) is 3.88. The molecule has 0 spiro atoms. The van der Waals surface area contributed by atoms with Gasteiger partial charge in [-0.15, -0.1) is 0 Å². The van der Waals surface area contributed by atoms with E-state index >= 15 is 0 Å². The Bertz CT molecular complexity index is 403. The Morgan fingerprint density at radius 3 is 3.12 bits per heavy atom. The van der Waals surface area contributed by atoms with Gasteiger partial charge in [0.05, 0.1) is 24.4 Å². The van der Waals surface area contributed by atoms with E-state index in [2.05, 4.69) is 10.3 Å². The molecular formula is C11H13ClN2O2. The number of carbonyl (C=O) groups excluding carboxylic acids is 1. The van der Waals surface area contributed by atoms with Crippen LogP contribution in [0.15, 0.2) is 12.3 Å². The first-order chi connectivity index (χ1) is 7.66. The average molecular weight is 241 g/mol. The van der Waals surface area contributed by atoms with Crippen LogP contribution in [-0.4, -0.2) is 24.1 Å². The molecule has 1 aliphatic rings. The van der Waals surface area contributed by atoms with Crippen molar-refractivity contribution in [1.82, 2.24) is 4.98 Å². The maximum atomic E-state index is 11.8. The van der Waals surface area contributed by atoms with E-state index in [1.165, 1.54) is 0 Å². The number of anilines is 1. The minimum Gasteiger partial charge on any atom is -0.381 e. The van der Waals surface area contributed by atoms with Gasteiger partial charge in [-0.1, -0.05) is 11.6 Å². The summed E-state index contributed by atoms with van der Waals surface area (Å²) in [7, 11) is 0. The number of hydrogen-bond donors (Lipinski definition) is 1. The highest BCUT2D eigenvalue weighted by Crippen LogP contribution is 2.18. The number of hydrogen-bond acceptors (Lipinski definition) is 3. The molecule has 0 radical (unpaired) electrons. The van der Waals surface area contributed by atoms with Crippen molar-refractivity contribution in [2.45, 2.75) is 13.3 Å². The molecule has 1 amide bonds. The predicted octanol–water partition coefficient (Wildman–Crippen LogP) is 2.02. The van der Waals surface area contributed by atoms with Crippen LogP contribution in [0.2, 0.25) is 5.15 Å². The third-order valence-electron chi connectivity index (χ3n) is 2.58. The summed E-state index contributed by atoms with van der Waals surface area (Å²) in [4.78, 5) is 15.7. The van der Waals surface area contributed by atoms with Crippen LogP contribution in [0.5, 0.6) is 0 Å². The maximum absolute atomic E-state index is 11.8. The molecular weight excluding hydrogens is 228 g/mol. The first kappa shape index (κ1) is 11.4. The summed E-state index contributed by atoms with van der Waals surface area (Å²) < 4.78 is 5.16. The molecule has 1 unspecified atom stereocenters. The van der Waals surface area contributed by atoms with E-state index in [0.717, 1.165) is 12.0 Å². The average Bonchev–Trinajstić information content (AvgIpc) is 2.77. The zero-order chi connectivity index (χ0) is 11.5. The highest BCUT2D eigenvalue weighted by atomic mass is 35.5. The number of aryl methyl sites for hydroxylation is 1. The van der Waals surface area contributed by atoms with E-state index in [1.807, 2.05) is 13.0 Å². The van der Waals surface area contributed by atoms with Gasteiger partial charge in [0.25, 0.3) is 0 Å². The van der Waals surface area contributed by atoms with Gasteiger partial charge in [-0.05, 0) is 25.0 Å². The number of rotatable bonds is 2. The Morgan fingerprint density at radius 2 is 2.50 bits per heavy atom. The first-order valence-corrected chi connectivity index (χ1v) is 5.55. The molecule has 5 heteroatoms. The van der Waals surface area contributed by atoms with Crippen LogP contribution in [0.3, 0.4) is 0 Å². The van der Waals surface area contributed by atoms with Gasteiger partial charge in [0.2, 0.25) is 5.91 Å². The minimum atomic E-state index is -0.0454. The molecule has 1 aromatic rings. The Labute approximate surface area is 99.0 Å². The topological polar surface area (TPSA) is 51.2 Å². The third-order valence-corrected chi connectivity index (χ3v) is 2.98. The number of ether oxygens (including phenoxy) is 1. The molecule has 0 bridgehead atoms. The first-order valence-electron chi connectivity index (χ1n) is 5.17. The number of aromatic nitrogens is 1. The highest BCUT2D eigenvalue weighted by Gasteiger charge is 2.23. The number of pyridine rings is 1. The molecule has 0 aromatic carbocycles. The lowest BCUT2D eigenvalue weighted by molar-refractivity contribution is -0.119. The summed E-state index contributed by atoms with van der Waals surface area (Å²) in [5, 5.41) is 3.27. The van der Waals surface area contributed by atoms with Crippen molar-refractivity contribution < 1.29 is 9.53 Å². The van der Waals surface area contributed by atoms with Crippen LogP contribution >= 0.6 is 11.6 Å². The van der Waals surface area contributed by atoms with Crippen LogP contribution in [-0.2, 0) is 9.53 Å². The molecule has 0 saturated carbocycles. The van der Waals surface area contributed by atoms with Gasteiger partial charge in [-0.2, -0.15) is 0 Å². The van der Waals surface area contributed by atoms with E-state index in [-0.39, 0.29) is 11.8 Å². The molecule has 2 heterocycles. The molecule has 1 N–H and O–H groups in total. The molecule has 86 valence electrons. The highest BCUT2D eigenvalue weighted by molar-refractivity contribution is 6.30. The van der Waals surface area contributed by atoms with Crippen molar-refractivity contribution in [3.63, 3.8) is 0 Å². The van der Waals surface area contributed by atoms with E-state index in [0.29, 0.717) is 24.1 Å². The smallest absolute Gasteiger partial charge is 0.229 e. The third kappa shape index (κ3) is 2.51. The van der Waals surface area contributed by atoms with Crippen LogP contribution < -0.4 is 5.32 Å². The maximum Gasteiger partial charge on any atom is 0.229 e. The van der Waals surface area contributed by atoms with Crippen LogP contribution in [0.4, 0.5) is 5.69 Å². The van der Waals surface area contributed by atoms with Gasteiger partial charge in [0.15, 0.2) is 0 Å². The summed E-state index contributed by atoms with van der Waals surface area (Å²) in [5.74, 6) is -0.0583. The largest absolute Gasteiger partial charge is 0.381 e. The van der Waals surface area contributed by atoms with E-state index in [9.17, 15) is 4.79 Å². The summed E-state index contributed by atoms with van der Waals surface area (Å²) in [6.45, 7) is 3.02. The SMILES string of the molecule is Cc1cc(NC(=O)C2CCOC2)cnc1Cl. The quantitative estimate of drug-likeness (QED) is 0.805. The van der Waals surface area contributed by atoms with Crippen molar-refractivity contribution in [1.29, 1.82) is 0 Å². The van der Waals surface area contributed by atoms with E-state index < -0.39 is 0 Å². The number of amides is 1. The van der Waals surface area contributed by atoms with Crippen LogP contribution in [0, 0.1) is 12.8 Å². The number of nitrogens with zero attached hydrogens (tertiary/aromatic N) is 1. The normalized spacial score (nSPS) is 19.8. The molecule has 1 atom stereocenters. The second kappa shape index (κ2) is 4.80. The zero-order valence-electron chi connectivity index (χ0n) is 9.00. The van der Waals surface area contributed by atoms with Gasteiger partial charge in [-0.3, -0.25) is 4.79 Å². The van der Waals surface area contributed by atoms with E-state index in [4.69, 9.17) is 16.3 Å². The lowest BCUT2D eigenvalue weighted by Crippen LogP contribution is -2.22. The molecule has 1 aliphatic heterocycles. The lowest BCUT2D eigenvalue weighted by Gasteiger charge is -2.09. The Balaban J connectivity index is 2.02. The molecule has 16 heavy (non-hydrogen) atoms. The van der Waals surface area contributed by atoms with Crippen LogP contribution in [0.1, 0.15) is 12.0 Å². The van der Waals surface area contributed by atoms with Crippen LogP contribution in [0.25, 0.3) is 0 Å². The van der Waals surface area contributed by atoms with Crippen molar-refractivity contribution in [2.75, 3.05) is 18.5 Å². The summed E-state index contributed by atoms with van der Waals surface area (Å²) in [6.07, 6.45) is 2.34. The lowest BCUT2D eigenvalue weighted by atomic mass is 10.1. The molecule has 4 nitrogen and oxygen atoms in total. The summed E-state index contributed by atoms with van der Waals surface area (Å²) in [6, 6.07) is 1.81. The fourth-order valence-electron chi connectivity index (χ4n) is 1.61. The number of nitrogens with one attached hydrogen (secondary N) is 1. The van der Waals surface area contributed by atoms with E-state index in [1.54, 1.807) is 6.20 Å². The number of halogens is 1. The minimum absolute atomic E-state index is 0.0129. The number of carbonyl (C=O) groups is 1.